The number of carboxylic acid groups (broad SMARTS) is 1. The molecule has 2 amide bonds. The van der Waals surface area contributed by atoms with Gasteiger partial charge in [-0.1, -0.05) is 32.9 Å². The molecule has 0 saturated heterocycles. The summed E-state index contributed by atoms with van der Waals surface area (Å²) in [5.41, 5.74) is 0.945. The molecule has 2 aromatic rings. The van der Waals surface area contributed by atoms with Crippen molar-refractivity contribution in [2.75, 3.05) is 5.32 Å². The maximum atomic E-state index is 11.9. The third kappa shape index (κ3) is 6.46. The van der Waals surface area contributed by atoms with Gasteiger partial charge in [0.15, 0.2) is 0 Å². The lowest BCUT2D eigenvalue weighted by atomic mass is 9.75. The van der Waals surface area contributed by atoms with Gasteiger partial charge >= 0.3 is 6.09 Å². The molecule has 2 N–H and O–H groups in total. The first-order chi connectivity index (χ1) is 16.1. The Labute approximate surface area is 198 Å². The van der Waals surface area contributed by atoms with E-state index in [-0.39, 0.29) is 47.5 Å². The van der Waals surface area contributed by atoms with Crippen molar-refractivity contribution in [2.24, 2.45) is 5.41 Å². The summed E-state index contributed by atoms with van der Waals surface area (Å²) in [6.45, 7) is 6.39. The summed E-state index contributed by atoms with van der Waals surface area (Å²) in [6.07, 6.45) is 3.00. The van der Waals surface area contributed by atoms with Gasteiger partial charge in [0.25, 0.3) is 5.69 Å². The second-order valence-electron chi connectivity index (χ2n) is 9.39. The molecule has 0 unspecified atom stereocenters. The van der Waals surface area contributed by atoms with Gasteiger partial charge in [0, 0.05) is 19.0 Å². The number of hydrogen-bond acceptors (Lipinski definition) is 5. The average Bonchev–Trinajstić information content (AvgIpc) is 2.79. The van der Waals surface area contributed by atoms with Crippen molar-refractivity contribution in [2.45, 2.75) is 65.5 Å². The number of benzene rings is 2. The first kappa shape index (κ1) is 25.0. The predicted molar refractivity (Wildman–Crippen MR) is 128 cm³/mol. The van der Waals surface area contributed by atoms with Crippen molar-refractivity contribution >= 4 is 23.4 Å². The highest BCUT2D eigenvalue weighted by molar-refractivity contribution is 5.93. The molecule has 0 radical (unpaired) electrons. The van der Waals surface area contributed by atoms with Crippen molar-refractivity contribution in [3.8, 4) is 11.5 Å². The minimum atomic E-state index is -0.924. The Morgan fingerprint density at radius 1 is 1.15 bits per heavy atom. The lowest BCUT2D eigenvalue weighted by Crippen LogP contribution is -2.42. The Morgan fingerprint density at radius 2 is 1.76 bits per heavy atom. The fourth-order valence-electron chi connectivity index (χ4n) is 4.11. The zero-order valence-electron chi connectivity index (χ0n) is 19.7. The summed E-state index contributed by atoms with van der Waals surface area (Å²) in [7, 11) is 0. The van der Waals surface area contributed by atoms with Crippen molar-refractivity contribution in [1.29, 1.82) is 0 Å². The van der Waals surface area contributed by atoms with Crippen LogP contribution in [0.4, 0.5) is 16.2 Å². The first-order valence-corrected chi connectivity index (χ1v) is 11.4. The Balaban J connectivity index is 1.68. The van der Waals surface area contributed by atoms with E-state index >= 15 is 0 Å². The third-order valence-corrected chi connectivity index (χ3v) is 6.27. The molecule has 0 aromatic heterocycles. The van der Waals surface area contributed by atoms with Crippen LogP contribution < -0.4 is 10.1 Å². The van der Waals surface area contributed by atoms with E-state index in [1.807, 2.05) is 0 Å². The molecule has 1 saturated carbocycles. The van der Waals surface area contributed by atoms with E-state index in [1.165, 1.54) is 17.0 Å². The summed E-state index contributed by atoms with van der Waals surface area (Å²) in [6, 6.07) is 11.2. The SMILES string of the molecule is CCC(=O)Nc1ccc(Oc2ccc(CN(C(=O)O)C3CCC(C)(C)CC3)cc2)cc1[N+](=O)[O-]. The maximum absolute atomic E-state index is 11.9. The van der Waals surface area contributed by atoms with Crippen LogP contribution in [0.1, 0.15) is 58.4 Å². The highest BCUT2D eigenvalue weighted by Crippen LogP contribution is 2.37. The lowest BCUT2D eigenvalue weighted by Gasteiger charge is -2.39. The number of hydrogen-bond donors (Lipinski definition) is 2. The molecule has 3 rings (SSSR count). The van der Waals surface area contributed by atoms with Crippen LogP contribution in [0, 0.1) is 15.5 Å². The molecule has 0 spiro atoms. The van der Waals surface area contributed by atoms with Crippen molar-refractivity contribution in [3.05, 3.63) is 58.1 Å². The first-order valence-electron chi connectivity index (χ1n) is 11.4. The monoisotopic (exact) mass is 469 g/mol. The van der Waals surface area contributed by atoms with Gasteiger partial charge in [-0.2, -0.15) is 0 Å². The van der Waals surface area contributed by atoms with Crippen LogP contribution >= 0.6 is 0 Å². The number of carbonyl (C=O) groups excluding carboxylic acids is 1. The maximum Gasteiger partial charge on any atom is 0.407 e. The predicted octanol–water partition coefficient (Wildman–Crippen LogP) is 6.18. The van der Waals surface area contributed by atoms with Crippen LogP contribution in [0.3, 0.4) is 0 Å². The molecule has 9 nitrogen and oxygen atoms in total. The van der Waals surface area contributed by atoms with E-state index in [4.69, 9.17) is 4.74 Å². The van der Waals surface area contributed by atoms with Crippen LogP contribution in [-0.2, 0) is 11.3 Å². The number of rotatable bonds is 8. The largest absolute Gasteiger partial charge is 0.465 e. The van der Waals surface area contributed by atoms with Gasteiger partial charge in [-0.15, -0.1) is 0 Å². The number of anilines is 1. The van der Waals surface area contributed by atoms with Crippen LogP contribution in [-0.4, -0.2) is 33.0 Å². The van der Waals surface area contributed by atoms with Gasteiger partial charge in [0.2, 0.25) is 5.91 Å². The van der Waals surface area contributed by atoms with Gasteiger partial charge in [0.1, 0.15) is 17.2 Å². The zero-order valence-corrected chi connectivity index (χ0v) is 19.7. The minimum absolute atomic E-state index is 0.00807. The molecule has 1 aliphatic carbocycles. The summed E-state index contributed by atoms with van der Waals surface area (Å²) in [5, 5.41) is 23.7. The summed E-state index contributed by atoms with van der Waals surface area (Å²) >= 11 is 0. The molecule has 1 fully saturated rings. The molecule has 0 aliphatic heterocycles. The van der Waals surface area contributed by atoms with E-state index in [0.717, 1.165) is 31.2 Å². The molecular weight excluding hydrogens is 438 g/mol. The molecule has 0 heterocycles. The number of nitro groups is 1. The topological polar surface area (TPSA) is 122 Å². The molecule has 9 heteroatoms. The fourth-order valence-corrected chi connectivity index (χ4v) is 4.11. The number of ether oxygens (including phenoxy) is 1. The van der Waals surface area contributed by atoms with E-state index in [2.05, 4.69) is 19.2 Å². The zero-order chi connectivity index (χ0) is 24.9. The van der Waals surface area contributed by atoms with Gasteiger partial charge in [0.05, 0.1) is 11.0 Å². The second-order valence-corrected chi connectivity index (χ2v) is 9.39. The molecule has 2 aromatic carbocycles. The number of amides is 2. The normalized spacial score (nSPS) is 15.4. The van der Waals surface area contributed by atoms with E-state index < -0.39 is 11.0 Å². The smallest absolute Gasteiger partial charge is 0.407 e. The molecular formula is C25H31N3O6. The third-order valence-electron chi connectivity index (χ3n) is 6.27. The van der Waals surface area contributed by atoms with Gasteiger partial charge in [-0.25, -0.2) is 4.79 Å². The summed E-state index contributed by atoms with van der Waals surface area (Å²) < 4.78 is 5.76. The Bertz CT molecular complexity index is 1040. The number of nitro benzene ring substituents is 1. The standard InChI is InChI=1S/C25H31N3O6/c1-4-23(29)26-21-10-9-20(15-22(21)28(32)33)34-19-7-5-17(6-8-19)16-27(24(30)31)18-11-13-25(2,3)14-12-18/h5-10,15,18H,4,11-14,16H2,1-3H3,(H,26,29)(H,30,31). The minimum Gasteiger partial charge on any atom is -0.465 e. The number of carbonyl (C=O) groups is 2. The second kappa shape index (κ2) is 10.5. The van der Waals surface area contributed by atoms with Gasteiger partial charge in [-0.05, 0) is 60.9 Å². The molecule has 182 valence electrons. The van der Waals surface area contributed by atoms with Crippen molar-refractivity contribution in [1.82, 2.24) is 4.90 Å². The summed E-state index contributed by atoms with van der Waals surface area (Å²) in [5.74, 6) is 0.398. The Hall–Kier alpha value is -3.62. The Morgan fingerprint density at radius 3 is 2.32 bits per heavy atom. The van der Waals surface area contributed by atoms with Crippen molar-refractivity contribution < 1.29 is 24.4 Å². The Kier molecular flexibility index (Phi) is 7.75. The van der Waals surface area contributed by atoms with E-state index in [9.17, 15) is 24.8 Å². The van der Waals surface area contributed by atoms with Gasteiger partial charge < -0.3 is 20.1 Å². The average molecular weight is 470 g/mol. The quantitative estimate of drug-likeness (QED) is 0.351. The molecule has 34 heavy (non-hydrogen) atoms. The molecule has 0 bridgehead atoms. The van der Waals surface area contributed by atoms with E-state index in [0.29, 0.717) is 5.75 Å². The summed E-state index contributed by atoms with van der Waals surface area (Å²) in [4.78, 5) is 35.8. The molecule has 0 atom stereocenters. The molecule has 1 aliphatic rings. The van der Waals surface area contributed by atoms with Gasteiger partial charge in [-0.3, -0.25) is 14.9 Å². The van der Waals surface area contributed by atoms with E-state index in [1.54, 1.807) is 37.3 Å². The van der Waals surface area contributed by atoms with Crippen LogP contribution in [0.25, 0.3) is 0 Å². The highest BCUT2D eigenvalue weighted by atomic mass is 16.6. The number of nitrogens with zero attached hydrogens (tertiary/aromatic N) is 2. The van der Waals surface area contributed by atoms with Crippen LogP contribution in [0.5, 0.6) is 11.5 Å². The van der Waals surface area contributed by atoms with Crippen LogP contribution in [0.15, 0.2) is 42.5 Å². The fraction of sp³-hybridized carbons (Fsp3) is 0.440. The highest BCUT2D eigenvalue weighted by Gasteiger charge is 2.32. The lowest BCUT2D eigenvalue weighted by molar-refractivity contribution is -0.384. The van der Waals surface area contributed by atoms with Crippen molar-refractivity contribution in [3.63, 3.8) is 0 Å². The van der Waals surface area contributed by atoms with Crippen LogP contribution in [0.2, 0.25) is 0 Å². The number of nitrogens with one attached hydrogen (secondary N) is 1.